The summed E-state index contributed by atoms with van der Waals surface area (Å²) in [6, 6.07) is 11.4. The second-order valence-corrected chi connectivity index (χ2v) is 5.10. The van der Waals surface area contributed by atoms with E-state index >= 15 is 0 Å². The van der Waals surface area contributed by atoms with Crippen molar-refractivity contribution in [2.24, 2.45) is 5.92 Å². The number of rotatable bonds is 5. The molecular formula is C15H17ClN2O. The highest BCUT2D eigenvalue weighted by molar-refractivity contribution is 6.33. The number of para-hydroxylation sites is 1. The Hall–Kier alpha value is -1.74. The third-order valence-electron chi connectivity index (χ3n) is 2.45. The minimum Gasteiger partial charge on any atom is -0.477 e. The summed E-state index contributed by atoms with van der Waals surface area (Å²) >= 11 is 6.08. The summed E-state index contributed by atoms with van der Waals surface area (Å²) in [7, 11) is 0. The van der Waals surface area contributed by atoms with E-state index in [0.717, 1.165) is 11.4 Å². The molecule has 0 saturated heterocycles. The zero-order valence-electron chi connectivity index (χ0n) is 11.1. The van der Waals surface area contributed by atoms with Crippen molar-refractivity contribution < 1.29 is 4.74 Å². The molecule has 1 heterocycles. The van der Waals surface area contributed by atoms with Crippen LogP contribution in [0.25, 0.3) is 0 Å². The predicted molar refractivity (Wildman–Crippen MR) is 79.3 cm³/mol. The first-order valence-electron chi connectivity index (χ1n) is 6.25. The normalized spacial score (nSPS) is 10.5. The van der Waals surface area contributed by atoms with E-state index in [9.17, 15) is 0 Å². The lowest BCUT2D eigenvalue weighted by Crippen LogP contribution is -2.05. The van der Waals surface area contributed by atoms with Crippen LogP contribution in [0.5, 0.6) is 5.88 Å². The van der Waals surface area contributed by atoms with E-state index < -0.39 is 0 Å². The van der Waals surface area contributed by atoms with Gasteiger partial charge in [0, 0.05) is 6.07 Å². The molecule has 0 fully saturated rings. The molecule has 1 N–H and O–H groups in total. The standard InChI is InChI=1S/C15H17ClN2O/c1-11(2)10-19-15-8-7-12(9-17-15)18-14-6-4-3-5-13(14)16/h3-9,11,18H,10H2,1-2H3. The Morgan fingerprint density at radius 3 is 2.63 bits per heavy atom. The van der Waals surface area contributed by atoms with E-state index in [-0.39, 0.29) is 0 Å². The number of pyridine rings is 1. The molecule has 0 atom stereocenters. The Bertz CT molecular complexity index is 526. The van der Waals surface area contributed by atoms with Gasteiger partial charge in [0.1, 0.15) is 0 Å². The molecule has 0 radical (unpaired) electrons. The molecule has 0 saturated carbocycles. The Kier molecular flexibility index (Phi) is 4.63. The summed E-state index contributed by atoms with van der Waals surface area (Å²) in [5.41, 5.74) is 1.74. The van der Waals surface area contributed by atoms with E-state index in [1.165, 1.54) is 0 Å². The summed E-state index contributed by atoms with van der Waals surface area (Å²) < 4.78 is 5.53. The second kappa shape index (κ2) is 6.43. The number of ether oxygens (including phenoxy) is 1. The van der Waals surface area contributed by atoms with Gasteiger partial charge in [0.15, 0.2) is 0 Å². The van der Waals surface area contributed by atoms with Crippen LogP contribution in [-0.2, 0) is 0 Å². The predicted octanol–water partition coefficient (Wildman–Crippen LogP) is 4.51. The lowest BCUT2D eigenvalue weighted by Gasteiger charge is -2.10. The van der Waals surface area contributed by atoms with E-state index in [2.05, 4.69) is 24.1 Å². The Labute approximate surface area is 118 Å². The molecule has 19 heavy (non-hydrogen) atoms. The lowest BCUT2D eigenvalue weighted by atomic mass is 10.2. The minimum absolute atomic E-state index is 0.489. The van der Waals surface area contributed by atoms with Crippen molar-refractivity contribution in [1.82, 2.24) is 4.98 Å². The van der Waals surface area contributed by atoms with Crippen LogP contribution in [0.3, 0.4) is 0 Å². The molecule has 1 aromatic carbocycles. The number of halogens is 1. The summed E-state index contributed by atoms with van der Waals surface area (Å²) in [4.78, 5) is 4.25. The molecule has 2 aromatic rings. The fourth-order valence-electron chi connectivity index (χ4n) is 1.51. The van der Waals surface area contributed by atoms with Crippen molar-refractivity contribution in [3.05, 3.63) is 47.6 Å². The van der Waals surface area contributed by atoms with Gasteiger partial charge in [-0.05, 0) is 24.1 Å². The highest BCUT2D eigenvalue weighted by Gasteiger charge is 2.01. The first kappa shape index (κ1) is 13.7. The second-order valence-electron chi connectivity index (χ2n) is 4.69. The summed E-state index contributed by atoms with van der Waals surface area (Å²) in [5.74, 6) is 1.13. The maximum Gasteiger partial charge on any atom is 0.213 e. The molecule has 0 aliphatic heterocycles. The van der Waals surface area contributed by atoms with E-state index in [0.29, 0.717) is 23.4 Å². The Morgan fingerprint density at radius 2 is 2.00 bits per heavy atom. The number of aromatic nitrogens is 1. The van der Waals surface area contributed by atoms with Gasteiger partial charge in [-0.3, -0.25) is 0 Å². The summed E-state index contributed by atoms with van der Waals surface area (Å²) in [6.45, 7) is 4.88. The average molecular weight is 277 g/mol. The van der Waals surface area contributed by atoms with Crippen molar-refractivity contribution in [2.45, 2.75) is 13.8 Å². The molecule has 2 rings (SSSR count). The van der Waals surface area contributed by atoms with Gasteiger partial charge in [-0.25, -0.2) is 4.98 Å². The number of nitrogens with zero attached hydrogens (tertiary/aromatic N) is 1. The van der Waals surface area contributed by atoms with Crippen molar-refractivity contribution in [3.8, 4) is 5.88 Å². The molecule has 3 nitrogen and oxygen atoms in total. The molecule has 1 aromatic heterocycles. The Balaban J connectivity index is 2.01. The van der Waals surface area contributed by atoms with Crippen molar-refractivity contribution in [3.63, 3.8) is 0 Å². The fourth-order valence-corrected chi connectivity index (χ4v) is 1.69. The lowest BCUT2D eigenvalue weighted by molar-refractivity contribution is 0.261. The van der Waals surface area contributed by atoms with Crippen LogP contribution in [-0.4, -0.2) is 11.6 Å². The molecule has 0 bridgehead atoms. The van der Waals surface area contributed by atoms with Crippen molar-refractivity contribution >= 4 is 23.0 Å². The zero-order chi connectivity index (χ0) is 13.7. The molecule has 100 valence electrons. The van der Waals surface area contributed by atoms with E-state index in [1.54, 1.807) is 6.20 Å². The van der Waals surface area contributed by atoms with Gasteiger partial charge < -0.3 is 10.1 Å². The van der Waals surface area contributed by atoms with Crippen LogP contribution in [0.4, 0.5) is 11.4 Å². The molecule has 0 aliphatic rings. The molecular weight excluding hydrogens is 260 g/mol. The van der Waals surface area contributed by atoms with Crippen LogP contribution in [0.2, 0.25) is 5.02 Å². The van der Waals surface area contributed by atoms with Crippen LogP contribution in [0.15, 0.2) is 42.6 Å². The van der Waals surface area contributed by atoms with Crippen LogP contribution >= 0.6 is 11.6 Å². The van der Waals surface area contributed by atoms with Gasteiger partial charge in [-0.2, -0.15) is 0 Å². The van der Waals surface area contributed by atoms with Gasteiger partial charge in [0.25, 0.3) is 0 Å². The number of hydrogen-bond donors (Lipinski definition) is 1. The van der Waals surface area contributed by atoms with Gasteiger partial charge >= 0.3 is 0 Å². The van der Waals surface area contributed by atoms with Crippen LogP contribution in [0, 0.1) is 5.92 Å². The smallest absolute Gasteiger partial charge is 0.213 e. The number of benzene rings is 1. The minimum atomic E-state index is 0.489. The Morgan fingerprint density at radius 1 is 1.21 bits per heavy atom. The number of hydrogen-bond acceptors (Lipinski definition) is 3. The summed E-state index contributed by atoms with van der Waals surface area (Å²) in [6.07, 6.45) is 1.74. The third-order valence-corrected chi connectivity index (χ3v) is 2.78. The third kappa shape index (κ3) is 4.14. The van der Waals surface area contributed by atoms with Gasteiger partial charge in [-0.1, -0.05) is 37.6 Å². The number of anilines is 2. The first-order chi connectivity index (χ1) is 9.15. The largest absolute Gasteiger partial charge is 0.477 e. The van der Waals surface area contributed by atoms with Crippen molar-refractivity contribution in [1.29, 1.82) is 0 Å². The highest BCUT2D eigenvalue weighted by Crippen LogP contribution is 2.25. The molecule has 0 unspecified atom stereocenters. The van der Waals surface area contributed by atoms with Crippen molar-refractivity contribution in [2.75, 3.05) is 11.9 Å². The molecule has 0 amide bonds. The maximum absolute atomic E-state index is 6.08. The summed E-state index contributed by atoms with van der Waals surface area (Å²) in [5, 5.41) is 3.90. The molecule has 0 spiro atoms. The number of nitrogens with one attached hydrogen (secondary N) is 1. The zero-order valence-corrected chi connectivity index (χ0v) is 11.8. The van der Waals surface area contributed by atoms with Crippen LogP contribution < -0.4 is 10.1 Å². The van der Waals surface area contributed by atoms with Gasteiger partial charge in [-0.15, -0.1) is 0 Å². The fraction of sp³-hybridized carbons (Fsp3) is 0.267. The first-order valence-corrected chi connectivity index (χ1v) is 6.63. The quantitative estimate of drug-likeness (QED) is 0.872. The highest BCUT2D eigenvalue weighted by atomic mass is 35.5. The molecule has 0 aliphatic carbocycles. The molecule has 4 heteroatoms. The topological polar surface area (TPSA) is 34.1 Å². The van der Waals surface area contributed by atoms with E-state index in [1.807, 2.05) is 36.4 Å². The maximum atomic E-state index is 6.08. The monoisotopic (exact) mass is 276 g/mol. The van der Waals surface area contributed by atoms with Gasteiger partial charge in [0.05, 0.1) is 29.2 Å². The SMILES string of the molecule is CC(C)COc1ccc(Nc2ccccc2Cl)cn1. The van der Waals surface area contributed by atoms with Gasteiger partial charge in [0.2, 0.25) is 5.88 Å². The van der Waals surface area contributed by atoms with Crippen LogP contribution in [0.1, 0.15) is 13.8 Å². The average Bonchev–Trinajstić information content (AvgIpc) is 2.40. The van der Waals surface area contributed by atoms with E-state index in [4.69, 9.17) is 16.3 Å².